The van der Waals surface area contributed by atoms with Gasteiger partial charge in [-0.15, -0.1) is 0 Å². The highest BCUT2D eigenvalue weighted by atomic mass is 16.3. The quantitative estimate of drug-likeness (QED) is 0.707. The van der Waals surface area contributed by atoms with Gasteiger partial charge in [0, 0.05) is 20.0 Å². The van der Waals surface area contributed by atoms with E-state index in [9.17, 15) is 9.59 Å². The van der Waals surface area contributed by atoms with E-state index >= 15 is 0 Å². The average Bonchev–Trinajstić information content (AvgIpc) is 3.10. The maximum absolute atomic E-state index is 12.4. The van der Waals surface area contributed by atoms with Crippen LogP contribution in [0, 0.1) is 0 Å². The van der Waals surface area contributed by atoms with Crippen molar-refractivity contribution in [1.29, 1.82) is 0 Å². The van der Waals surface area contributed by atoms with Crippen LogP contribution in [-0.2, 0) is 20.6 Å². The highest BCUT2D eigenvalue weighted by molar-refractivity contribution is 5.70. The lowest BCUT2D eigenvalue weighted by atomic mass is 10.1. The Hall–Kier alpha value is -2.64. The van der Waals surface area contributed by atoms with E-state index in [0.29, 0.717) is 17.7 Å². The van der Waals surface area contributed by atoms with Crippen LogP contribution in [0.2, 0.25) is 0 Å². The number of hydrogen-bond acceptors (Lipinski definition) is 5. The fourth-order valence-corrected chi connectivity index (χ4v) is 2.54. The Morgan fingerprint density at radius 2 is 1.91 bits per heavy atom. The summed E-state index contributed by atoms with van der Waals surface area (Å²) >= 11 is 0. The molecular weight excluding hydrogens is 286 g/mol. The van der Waals surface area contributed by atoms with Gasteiger partial charge < -0.3 is 8.98 Å². The molecule has 0 radical (unpaired) electrons. The van der Waals surface area contributed by atoms with Gasteiger partial charge >= 0.3 is 5.69 Å². The van der Waals surface area contributed by atoms with Crippen molar-refractivity contribution in [2.45, 2.75) is 26.3 Å². The summed E-state index contributed by atoms with van der Waals surface area (Å²) in [5.41, 5.74) is 0.729. The second kappa shape index (κ2) is 4.97. The molecule has 3 heterocycles. The van der Waals surface area contributed by atoms with Crippen LogP contribution in [0.25, 0.3) is 11.2 Å². The molecular formula is C14H17N5O3. The van der Waals surface area contributed by atoms with Gasteiger partial charge in [0.25, 0.3) is 5.56 Å². The van der Waals surface area contributed by atoms with Crippen molar-refractivity contribution >= 4 is 11.2 Å². The summed E-state index contributed by atoms with van der Waals surface area (Å²) in [6.07, 6.45) is 2.95. The molecule has 0 N–H and O–H groups in total. The lowest BCUT2D eigenvalue weighted by Crippen LogP contribution is -2.37. The van der Waals surface area contributed by atoms with Crippen LogP contribution < -0.4 is 11.2 Å². The summed E-state index contributed by atoms with van der Waals surface area (Å²) in [6, 6.07) is 0. The monoisotopic (exact) mass is 303 g/mol. The van der Waals surface area contributed by atoms with E-state index in [1.54, 1.807) is 17.9 Å². The fraction of sp³-hybridized carbons (Fsp3) is 0.429. The summed E-state index contributed by atoms with van der Waals surface area (Å²) in [5, 5.41) is 0. The molecule has 0 saturated carbocycles. The first kappa shape index (κ1) is 14.3. The van der Waals surface area contributed by atoms with Gasteiger partial charge in [-0.1, -0.05) is 13.8 Å². The van der Waals surface area contributed by atoms with Crippen LogP contribution in [0.5, 0.6) is 0 Å². The lowest BCUT2D eigenvalue weighted by molar-refractivity contribution is 0.477. The number of fused-ring (bicyclic) bond motifs is 1. The van der Waals surface area contributed by atoms with Gasteiger partial charge in [-0.25, -0.2) is 14.8 Å². The fourth-order valence-electron chi connectivity index (χ4n) is 2.54. The summed E-state index contributed by atoms with van der Waals surface area (Å²) in [6.45, 7) is 4.39. The highest BCUT2D eigenvalue weighted by Gasteiger charge is 2.17. The molecule has 3 aromatic rings. The van der Waals surface area contributed by atoms with Crippen molar-refractivity contribution in [3.63, 3.8) is 0 Å². The Labute approximate surface area is 125 Å². The van der Waals surface area contributed by atoms with Crippen LogP contribution in [0.15, 0.2) is 26.7 Å². The predicted octanol–water partition coefficient (Wildman–Crippen LogP) is 0.593. The minimum Gasteiger partial charge on any atom is -0.448 e. The van der Waals surface area contributed by atoms with E-state index in [-0.39, 0.29) is 11.5 Å². The predicted molar refractivity (Wildman–Crippen MR) is 79.9 cm³/mol. The summed E-state index contributed by atoms with van der Waals surface area (Å²) < 4.78 is 9.53. The third kappa shape index (κ3) is 1.99. The topological polar surface area (TPSA) is 87.8 Å². The molecule has 0 spiro atoms. The van der Waals surface area contributed by atoms with Gasteiger partial charge in [0.1, 0.15) is 11.5 Å². The van der Waals surface area contributed by atoms with Crippen LogP contribution in [0.4, 0.5) is 0 Å². The lowest BCUT2D eigenvalue weighted by Gasteiger charge is -2.07. The van der Waals surface area contributed by atoms with Crippen LogP contribution in [0.1, 0.15) is 31.2 Å². The van der Waals surface area contributed by atoms with E-state index in [1.807, 2.05) is 13.8 Å². The van der Waals surface area contributed by atoms with E-state index in [0.717, 1.165) is 16.0 Å². The van der Waals surface area contributed by atoms with Gasteiger partial charge in [0.2, 0.25) is 0 Å². The van der Waals surface area contributed by atoms with Crippen molar-refractivity contribution in [2.24, 2.45) is 14.1 Å². The van der Waals surface area contributed by atoms with Crippen molar-refractivity contribution in [1.82, 2.24) is 23.7 Å². The van der Waals surface area contributed by atoms with Crippen LogP contribution >= 0.6 is 0 Å². The Bertz CT molecular complexity index is 957. The first-order valence-electron chi connectivity index (χ1n) is 6.95. The molecule has 0 atom stereocenters. The third-order valence-corrected chi connectivity index (χ3v) is 3.73. The molecule has 0 bridgehead atoms. The smallest absolute Gasteiger partial charge is 0.332 e. The molecule has 0 aliphatic heterocycles. The molecule has 22 heavy (non-hydrogen) atoms. The Morgan fingerprint density at radius 3 is 2.59 bits per heavy atom. The second-order valence-corrected chi connectivity index (χ2v) is 5.57. The van der Waals surface area contributed by atoms with Crippen LogP contribution in [0.3, 0.4) is 0 Å². The zero-order chi connectivity index (χ0) is 16.0. The first-order chi connectivity index (χ1) is 10.4. The van der Waals surface area contributed by atoms with Gasteiger partial charge in [0.05, 0.1) is 12.9 Å². The zero-order valence-electron chi connectivity index (χ0n) is 12.9. The number of hydrogen-bond donors (Lipinski definition) is 0. The molecule has 3 rings (SSSR count). The maximum atomic E-state index is 12.4. The van der Waals surface area contributed by atoms with E-state index < -0.39 is 5.69 Å². The van der Waals surface area contributed by atoms with Crippen molar-refractivity contribution < 1.29 is 4.42 Å². The van der Waals surface area contributed by atoms with Crippen molar-refractivity contribution in [3.05, 3.63) is 45.0 Å². The number of nitrogens with zero attached hydrogens (tertiary/aromatic N) is 5. The Kier molecular flexibility index (Phi) is 3.23. The molecule has 3 aromatic heterocycles. The molecule has 0 aliphatic carbocycles. The largest absolute Gasteiger partial charge is 0.448 e. The standard InChI is InChI=1S/C14H17N5O3/c1-8(2)11-9(16-7-22-11)5-19-6-15-12-10(19)13(20)18(4)14(21)17(12)3/h6-8H,5H2,1-4H3. The van der Waals surface area contributed by atoms with Crippen LogP contribution in [-0.4, -0.2) is 23.7 Å². The summed E-state index contributed by atoms with van der Waals surface area (Å²) in [4.78, 5) is 32.7. The van der Waals surface area contributed by atoms with E-state index in [4.69, 9.17) is 4.42 Å². The zero-order valence-corrected chi connectivity index (χ0v) is 12.9. The molecule has 0 amide bonds. The van der Waals surface area contributed by atoms with E-state index in [2.05, 4.69) is 9.97 Å². The number of aryl methyl sites for hydroxylation is 1. The number of imidazole rings is 1. The molecule has 8 heteroatoms. The van der Waals surface area contributed by atoms with Gasteiger partial charge in [-0.2, -0.15) is 0 Å². The normalized spacial score (nSPS) is 11.7. The Balaban J connectivity index is 2.19. The SMILES string of the molecule is CC(C)c1ocnc1Cn1cnc2c1c(=O)n(C)c(=O)n2C. The molecule has 0 aliphatic rings. The third-order valence-electron chi connectivity index (χ3n) is 3.73. The molecule has 0 saturated heterocycles. The number of rotatable bonds is 3. The maximum Gasteiger partial charge on any atom is 0.332 e. The van der Waals surface area contributed by atoms with Crippen molar-refractivity contribution in [3.8, 4) is 0 Å². The molecule has 116 valence electrons. The minimum absolute atomic E-state index is 0.194. The number of aromatic nitrogens is 5. The Morgan fingerprint density at radius 1 is 1.18 bits per heavy atom. The van der Waals surface area contributed by atoms with E-state index in [1.165, 1.54) is 18.0 Å². The highest BCUT2D eigenvalue weighted by Crippen LogP contribution is 2.20. The van der Waals surface area contributed by atoms with Crippen molar-refractivity contribution in [2.75, 3.05) is 0 Å². The molecule has 0 unspecified atom stereocenters. The van der Waals surface area contributed by atoms with Gasteiger partial charge in [-0.05, 0) is 0 Å². The number of oxazole rings is 1. The molecule has 0 aromatic carbocycles. The van der Waals surface area contributed by atoms with Gasteiger partial charge in [-0.3, -0.25) is 13.9 Å². The van der Waals surface area contributed by atoms with Gasteiger partial charge in [0.15, 0.2) is 17.6 Å². The summed E-state index contributed by atoms with van der Waals surface area (Å²) in [5.74, 6) is 0.975. The molecule has 8 nitrogen and oxygen atoms in total. The first-order valence-corrected chi connectivity index (χ1v) is 6.95. The minimum atomic E-state index is -0.396. The summed E-state index contributed by atoms with van der Waals surface area (Å²) in [7, 11) is 3.05. The second-order valence-electron chi connectivity index (χ2n) is 5.57. The molecule has 0 fully saturated rings. The average molecular weight is 303 g/mol.